The molecule has 2 fully saturated rings. The van der Waals surface area contributed by atoms with Gasteiger partial charge in [0.15, 0.2) is 0 Å². The van der Waals surface area contributed by atoms with Crippen molar-refractivity contribution in [3.8, 4) is 0 Å². The van der Waals surface area contributed by atoms with E-state index < -0.39 is 0 Å². The van der Waals surface area contributed by atoms with Crippen molar-refractivity contribution in [1.82, 2.24) is 0 Å². The minimum absolute atomic E-state index is 0.0772. The molecule has 0 bridgehead atoms. The molecule has 1 nitrogen and oxygen atoms in total. The molecule has 21 heavy (non-hydrogen) atoms. The van der Waals surface area contributed by atoms with Crippen molar-refractivity contribution in [2.45, 2.75) is 110 Å². The molecule has 2 aliphatic carbocycles. The number of ketones is 1. The molecular weight excluding hydrogens is 256 g/mol. The Morgan fingerprint density at radius 2 is 1.52 bits per heavy atom. The molecule has 1 unspecified atom stereocenters. The summed E-state index contributed by atoms with van der Waals surface area (Å²) in [5.41, 5.74) is 0.0772. The van der Waals surface area contributed by atoms with Crippen molar-refractivity contribution in [1.29, 1.82) is 0 Å². The Bertz CT molecular complexity index is 297. The van der Waals surface area contributed by atoms with Gasteiger partial charge in [0.25, 0.3) is 0 Å². The number of hydrogen-bond donors (Lipinski definition) is 0. The van der Waals surface area contributed by atoms with Gasteiger partial charge in [-0.3, -0.25) is 4.79 Å². The smallest absolute Gasteiger partial charge is 0.139 e. The number of hydrogen-bond acceptors (Lipinski definition) is 1. The molecule has 0 spiro atoms. The van der Waals surface area contributed by atoms with E-state index in [1.807, 2.05) is 0 Å². The fourth-order valence-electron chi connectivity index (χ4n) is 4.87. The summed E-state index contributed by atoms with van der Waals surface area (Å²) in [5, 5.41) is 0. The SMILES string of the molecule is CCCCC1(C2CCCCCCC2)CCCCCCC1=O. The van der Waals surface area contributed by atoms with Crippen LogP contribution in [0.2, 0.25) is 0 Å². The molecule has 122 valence electrons. The van der Waals surface area contributed by atoms with E-state index >= 15 is 0 Å². The molecule has 0 N–H and O–H groups in total. The molecule has 1 heteroatoms. The Labute approximate surface area is 132 Å². The van der Waals surface area contributed by atoms with Gasteiger partial charge < -0.3 is 0 Å². The number of Topliss-reactive ketones (excluding diaryl/α,β-unsaturated/α-hetero) is 1. The van der Waals surface area contributed by atoms with Crippen LogP contribution in [0.3, 0.4) is 0 Å². The first-order chi connectivity index (χ1) is 10.3. The summed E-state index contributed by atoms with van der Waals surface area (Å²) in [6.45, 7) is 2.28. The Kier molecular flexibility index (Phi) is 7.26. The van der Waals surface area contributed by atoms with Gasteiger partial charge in [0.1, 0.15) is 5.78 Å². The maximum absolute atomic E-state index is 13.1. The van der Waals surface area contributed by atoms with Crippen LogP contribution in [-0.4, -0.2) is 5.78 Å². The highest BCUT2D eigenvalue weighted by molar-refractivity contribution is 5.85. The maximum Gasteiger partial charge on any atom is 0.139 e. The first-order valence-corrected chi connectivity index (χ1v) is 9.83. The zero-order valence-corrected chi connectivity index (χ0v) is 14.3. The second-order valence-electron chi connectivity index (χ2n) is 7.64. The van der Waals surface area contributed by atoms with Gasteiger partial charge in [-0.15, -0.1) is 0 Å². The maximum atomic E-state index is 13.1. The van der Waals surface area contributed by atoms with Crippen molar-refractivity contribution >= 4 is 5.78 Å². The van der Waals surface area contributed by atoms with Crippen LogP contribution in [0.15, 0.2) is 0 Å². The predicted octanol–water partition coefficient (Wildman–Crippen LogP) is 6.45. The van der Waals surface area contributed by atoms with E-state index in [1.165, 1.54) is 89.9 Å². The summed E-state index contributed by atoms with van der Waals surface area (Å²) < 4.78 is 0. The summed E-state index contributed by atoms with van der Waals surface area (Å²) in [6.07, 6.45) is 20.4. The van der Waals surface area contributed by atoms with Crippen LogP contribution in [0.1, 0.15) is 110 Å². The molecule has 1 atom stereocenters. The number of carbonyl (C=O) groups excluding carboxylic acids is 1. The minimum Gasteiger partial charge on any atom is -0.299 e. The second kappa shape index (κ2) is 8.96. The van der Waals surface area contributed by atoms with Crippen LogP contribution in [0.25, 0.3) is 0 Å². The van der Waals surface area contributed by atoms with Gasteiger partial charge in [0.05, 0.1) is 0 Å². The summed E-state index contributed by atoms with van der Waals surface area (Å²) in [4.78, 5) is 13.1. The fraction of sp³-hybridized carbons (Fsp3) is 0.950. The third kappa shape index (κ3) is 4.57. The first kappa shape index (κ1) is 17.0. The quantitative estimate of drug-likeness (QED) is 0.582. The van der Waals surface area contributed by atoms with Crippen molar-refractivity contribution in [2.75, 3.05) is 0 Å². The molecule has 0 amide bonds. The lowest BCUT2D eigenvalue weighted by Gasteiger charge is -2.42. The largest absolute Gasteiger partial charge is 0.299 e. The molecule has 0 aromatic rings. The van der Waals surface area contributed by atoms with Crippen LogP contribution < -0.4 is 0 Å². The number of rotatable bonds is 4. The van der Waals surface area contributed by atoms with E-state index in [4.69, 9.17) is 0 Å². The van der Waals surface area contributed by atoms with Crippen LogP contribution in [0, 0.1) is 11.3 Å². The van der Waals surface area contributed by atoms with Gasteiger partial charge >= 0.3 is 0 Å². The molecule has 0 aliphatic heterocycles. The zero-order chi connectivity index (χ0) is 15.0. The van der Waals surface area contributed by atoms with E-state index in [2.05, 4.69) is 6.92 Å². The molecule has 0 aromatic carbocycles. The van der Waals surface area contributed by atoms with Gasteiger partial charge in [-0.25, -0.2) is 0 Å². The molecule has 2 aliphatic rings. The lowest BCUT2D eigenvalue weighted by molar-refractivity contribution is -0.135. The summed E-state index contributed by atoms with van der Waals surface area (Å²) in [5.74, 6) is 1.36. The zero-order valence-electron chi connectivity index (χ0n) is 14.3. The molecule has 0 aromatic heterocycles. The van der Waals surface area contributed by atoms with Crippen molar-refractivity contribution in [3.05, 3.63) is 0 Å². The van der Waals surface area contributed by atoms with Crippen molar-refractivity contribution in [2.24, 2.45) is 11.3 Å². The van der Waals surface area contributed by atoms with E-state index in [0.717, 1.165) is 12.8 Å². The van der Waals surface area contributed by atoms with E-state index in [0.29, 0.717) is 11.7 Å². The Balaban J connectivity index is 2.16. The monoisotopic (exact) mass is 292 g/mol. The fourth-order valence-corrected chi connectivity index (χ4v) is 4.87. The lowest BCUT2D eigenvalue weighted by Crippen LogP contribution is -2.40. The van der Waals surface area contributed by atoms with Gasteiger partial charge in [-0.2, -0.15) is 0 Å². The normalized spacial score (nSPS) is 30.2. The van der Waals surface area contributed by atoms with Crippen LogP contribution in [-0.2, 0) is 4.79 Å². The molecule has 0 saturated heterocycles. The summed E-state index contributed by atoms with van der Waals surface area (Å²) in [7, 11) is 0. The summed E-state index contributed by atoms with van der Waals surface area (Å²) >= 11 is 0. The highest BCUT2D eigenvalue weighted by Gasteiger charge is 2.43. The topological polar surface area (TPSA) is 17.1 Å². The van der Waals surface area contributed by atoms with Crippen LogP contribution in [0.4, 0.5) is 0 Å². The average Bonchev–Trinajstić information content (AvgIpc) is 2.44. The minimum atomic E-state index is 0.0772. The van der Waals surface area contributed by atoms with E-state index in [9.17, 15) is 4.79 Å². The van der Waals surface area contributed by atoms with Crippen LogP contribution >= 0.6 is 0 Å². The van der Waals surface area contributed by atoms with Crippen LogP contribution in [0.5, 0.6) is 0 Å². The molecular formula is C20H36O. The predicted molar refractivity (Wildman–Crippen MR) is 90.5 cm³/mol. The molecule has 0 radical (unpaired) electrons. The standard InChI is InChI=1S/C20H36O/c1-2-3-16-20(17-12-8-7-11-15-19(20)21)18-13-9-5-4-6-10-14-18/h18H,2-17H2,1H3. The van der Waals surface area contributed by atoms with Gasteiger partial charge in [-0.05, 0) is 38.0 Å². The van der Waals surface area contributed by atoms with Gasteiger partial charge in [0, 0.05) is 11.8 Å². The third-order valence-electron chi connectivity index (χ3n) is 6.20. The lowest BCUT2D eigenvalue weighted by atomic mass is 9.61. The van der Waals surface area contributed by atoms with Gasteiger partial charge in [0.2, 0.25) is 0 Å². The highest BCUT2D eigenvalue weighted by Crippen LogP contribution is 2.47. The Hall–Kier alpha value is -0.330. The van der Waals surface area contributed by atoms with Crippen molar-refractivity contribution < 1.29 is 4.79 Å². The Morgan fingerprint density at radius 1 is 0.905 bits per heavy atom. The highest BCUT2D eigenvalue weighted by atomic mass is 16.1. The third-order valence-corrected chi connectivity index (χ3v) is 6.20. The molecule has 2 rings (SSSR count). The summed E-state index contributed by atoms with van der Waals surface area (Å²) in [6, 6.07) is 0. The Morgan fingerprint density at radius 3 is 2.24 bits per heavy atom. The van der Waals surface area contributed by atoms with Crippen molar-refractivity contribution in [3.63, 3.8) is 0 Å². The van der Waals surface area contributed by atoms with E-state index in [-0.39, 0.29) is 5.41 Å². The number of unbranched alkanes of at least 4 members (excludes halogenated alkanes) is 1. The van der Waals surface area contributed by atoms with E-state index in [1.54, 1.807) is 0 Å². The average molecular weight is 293 g/mol. The first-order valence-electron chi connectivity index (χ1n) is 9.83. The second-order valence-corrected chi connectivity index (χ2v) is 7.64. The number of carbonyl (C=O) groups is 1. The van der Waals surface area contributed by atoms with Gasteiger partial charge in [-0.1, -0.05) is 71.1 Å². The molecule has 2 saturated carbocycles. The molecule has 0 heterocycles.